The largest absolute Gasteiger partial charge is 0.493 e. The summed E-state index contributed by atoms with van der Waals surface area (Å²) in [5.74, 6) is 0.758. The van der Waals surface area contributed by atoms with Crippen molar-refractivity contribution >= 4 is 5.91 Å². The van der Waals surface area contributed by atoms with Crippen LogP contribution in [0.25, 0.3) is 0 Å². The second-order valence-corrected chi connectivity index (χ2v) is 7.64. The normalized spacial score (nSPS) is 22.3. The molecule has 0 aliphatic heterocycles. The molecule has 2 saturated carbocycles. The molecule has 5 nitrogen and oxygen atoms in total. The zero-order valence-electron chi connectivity index (χ0n) is 16.5. The number of nitrogens with one attached hydrogen (secondary N) is 1. The second kappa shape index (κ2) is 10.5. The van der Waals surface area contributed by atoms with E-state index in [0.717, 1.165) is 12.8 Å². The average Bonchev–Trinajstić information content (AvgIpc) is 2.59. The summed E-state index contributed by atoms with van der Waals surface area (Å²) < 4.78 is 24.1. The lowest BCUT2D eigenvalue weighted by Gasteiger charge is -2.36. The molecule has 152 valence electrons. The molecule has 2 fully saturated rings. The Morgan fingerprint density at radius 2 is 1.81 bits per heavy atom. The van der Waals surface area contributed by atoms with Gasteiger partial charge in [-0.25, -0.2) is 4.39 Å². The van der Waals surface area contributed by atoms with Gasteiger partial charge in [0.15, 0.2) is 11.5 Å². The fourth-order valence-corrected chi connectivity index (χ4v) is 3.36. The zero-order chi connectivity index (χ0) is 19.8. The highest BCUT2D eigenvalue weighted by atomic mass is 19.1. The van der Waals surface area contributed by atoms with Gasteiger partial charge in [-0.05, 0) is 51.7 Å². The molecule has 0 aromatic heterocycles. The SMILES string of the molecule is CC(C)O.COc1cc(F)ccc1OC1CC(C(=O)NC2CCCCC2)C1. The van der Waals surface area contributed by atoms with Crippen LogP contribution in [-0.4, -0.2) is 36.4 Å². The standard InChI is InChI=1S/C18H24FNO3.C3H8O/c1-22-17-11-13(19)7-8-16(17)23-15-9-12(10-15)18(21)20-14-5-3-2-4-6-14;1-3(2)4/h7-8,11-12,14-15H,2-6,9-10H2,1H3,(H,20,21);3-4H,1-2H3. The molecule has 0 radical (unpaired) electrons. The maximum atomic E-state index is 13.2. The molecule has 27 heavy (non-hydrogen) atoms. The van der Waals surface area contributed by atoms with Crippen LogP contribution in [0.15, 0.2) is 18.2 Å². The molecule has 0 saturated heterocycles. The van der Waals surface area contributed by atoms with E-state index in [-0.39, 0.29) is 29.9 Å². The van der Waals surface area contributed by atoms with Crippen molar-refractivity contribution in [3.05, 3.63) is 24.0 Å². The molecule has 0 heterocycles. The van der Waals surface area contributed by atoms with Crippen LogP contribution >= 0.6 is 0 Å². The first kappa shape index (κ1) is 21.5. The Morgan fingerprint density at radius 1 is 1.19 bits per heavy atom. The minimum atomic E-state index is -0.354. The molecule has 0 spiro atoms. The summed E-state index contributed by atoms with van der Waals surface area (Å²) >= 11 is 0. The van der Waals surface area contributed by atoms with Gasteiger partial charge in [0.05, 0.1) is 7.11 Å². The molecule has 1 aromatic rings. The predicted octanol–water partition coefficient (Wildman–Crippen LogP) is 3.83. The third-order valence-electron chi connectivity index (χ3n) is 4.84. The van der Waals surface area contributed by atoms with Crippen molar-refractivity contribution < 1.29 is 23.8 Å². The number of benzene rings is 1. The summed E-state index contributed by atoms with van der Waals surface area (Å²) in [6, 6.07) is 4.59. The molecule has 0 atom stereocenters. The van der Waals surface area contributed by atoms with Crippen LogP contribution in [0, 0.1) is 11.7 Å². The van der Waals surface area contributed by atoms with Crippen LogP contribution in [0.5, 0.6) is 11.5 Å². The molecular weight excluding hydrogens is 349 g/mol. The third-order valence-corrected chi connectivity index (χ3v) is 4.84. The van der Waals surface area contributed by atoms with Gasteiger partial charge in [-0.15, -0.1) is 0 Å². The Bertz CT molecular complexity index is 593. The Morgan fingerprint density at radius 3 is 2.41 bits per heavy atom. The number of amides is 1. The number of ether oxygens (including phenoxy) is 2. The van der Waals surface area contributed by atoms with E-state index in [4.69, 9.17) is 14.6 Å². The summed E-state index contributed by atoms with van der Waals surface area (Å²) in [4.78, 5) is 12.2. The Labute approximate surface area is 161 Å². The molecule has 1 amide bonds. The monoisotopic (exact) mass is 381 g/mol. The van der Waals surface area contributed by atoms with Crippen LogP contribution in [0.1, 0.15) is 58.8 Å². The number of methoxy groups -OCH3 is 1. The van der Waals surface area contributed by atoms with Gasteiger partial charge >= 0.3 is 0 Å². The summed E-state index contributed by atoms with van der Waals surface area (Å²) in [6.45, 7) is 3.44. The van der Waals surface area contributed by atoms with Crippen LogP contribution in [-0.2, 0) is 4.79 Å². The predicted molar refractivity (Wildman–Crippen MR) is 102 cm³/mol. The van der Waals surface area contributed by atoms with E-state index in [1.165, 1.54) is 38.5 Å². The molecule has 3 rings (SSSR count). The number of aliphatic hydroxyl groups excluding tert-OH is 1. The highest BCUT2D eigenvalue weighted by molar-refractivity contribution is 5.80. The number of carbonyl (C=O) groups excluding carboxylic acids is 1. The molecule has 0 bridgehead atoms. The molecule has 0 unspecified atom stereocenters. The van der Waals surface area contributed by atoms with Gasteiger partial charge in [0, 0.05) is 24.1 Å². The summed E-state index contributed by atoms with van der Waals surface area (Å²) in [5, 5.41) is 11.2. The summed E-state index contributed by atoms with van der Waals surface area (Å²) in [6.07, 6.45) is 7.16. The van der Waals surface area contributed by atoms with Gasteiger partial charge in [0.2, 0.25) is 5.91 Å². The molecule has 2 N–H and O–H groups in total. The second-order valence-electron chi connectivity index (χ2n) is 7.64. The van der Waals surface area contributed by atoms with Gasteiger partial charge in [-0.2, -0.15) is 0 Å². The van der Waals surface area contributed by atoms with Crippen molar-refractivity contribution in [3.8, 4) is 11.5 Å². The third kappa shape index (κ3) is 7.01. The lowest BCUT2D eigenvalue weighted by Crippen LogP contribution is -2.47. The fraction of sp³-hybridized carbons (Fsp3) is 0.667. The molecule has 1 aromatic carbocycles. The summed E-state index contributed by atoms with van der Waals surface area (Å²) in [7, 11) is 1.49. The van der Waals surface area contributed by atoms with Crippen molar-refractivity contribution in [3.63, 3.8) is 0 Å². The highest BCUT2D eigenvalue weighted by Gasteiger charge is 2.37. The van der Waals surface area contributed by atoms with Gasteiger partial charge in [0.25, 0.3) is 0 Å². The van der Waals surface area contributed by atoms with Gasteiger partial charge in [0.1, 0.15) is 11.9 Å². The molecule has 2 aliphatic carbocycles. The minimum absolute atomic E-state index is 0.00327. The highest BCUT2D eigenvalue weighted by Crippen LogP contribution is 2.36. The van der Waals surface area contributed by atoms with E-state index in [0.29, 0.717) is 30.4 Å². The number of hydrogen-bond acceptors (Lipinski definition) is 4. The lowest BCUT2D eigenvalue weighted by molar-refractivity contribution is -0.131. The van der Waals surface area contributed by atoms with Crippen molar-refractivity contribution in [1.29, 1.82) is 0 Å². The van der Waals surface area contributed by atoms with Crippen LogP contribution < -0.4 is 14.8 Å². The van der Waals surface area contributed by atoms with Crippen molar-refractivity contribution in [2.24, 2.45) is 5.92 Å². The maximum absolute atomic E-state index is 13.2. The van der Waals surface area contributed by atoms with E-state index < -0.39 is 0 Å². The van der Waals surface area contributed by atoms with Crippen LogP contribution in [0.4, 0.5) is 4.39 Å². The smallest absolute Gasteiger partial charge is 0.223 e. The number of halogens is 1. The van der Waals surface area contributed by atoms with E-state index in [1.807, 2.05) is 0 Å². The van der Waals surface area contributed by atoms with Gasteiger partial charge < -0.3 is 19.9 Å². The van der Waals surface area contributed by atoms with E-state index >= 15 is 0 Å². The Balaban J connectivity index is 0.000000596. The first-order valence-electron chi connectivity index (χ1n) is 9.87. The van der Waals surface area contributed by atoms with Crippen LogP contribution in [0.2, 0.25) is 0 Å². The Hall–Kier alpha value is -1.82. The topological polar surface area (TPSA) is 67.8 Å². The first-order valence-corrected chi connectivity index (χ1v) is 9.87. The van der Waals surface area contributed by atoms with Gasteiger partial charge in [-0.1, -0.05) is 19.3 Å². The van der Waals surface area contributed by atoms with E-state index in [1.54, 1.807) is 19.9 Å². The van der Waals surface area contributed by atoms with Crippen molar-refractivity contribution in [2.45, 2.75) is 77.0 Å². The number of hydrogen-bond donors (Lipinski definition) is 2. The van der Waals surface area contributed by atoms with Gasteiger partial charge in [-0.3, -0.25) is 4.79 Å². The average molecular weight is 381 g/mol. The lowest BCUT2D eigenvalue weighted by atomic mass is 9.81. The molecule has 2 aliphatic rings. The van der Waals surface area contributed by atoms with Crippen molar-refractivity contribution in [1.82, 2.24) is 5.32 Å². The number of rotatable bonds is 5. The number of carbonyl (C=O) groups is 1. The van der Waals surface area contributed by atoms with E-state index in [9.17, 15) is 9.18 Å². The molecular formula is C21H32FNO4. The maximum Gasteiger partial charge on any atom is 0.223 e. The molecule has 6 heteroatoms. The zero-order valence-corrected chi connectivity index (χ0v) is 16.5. The fourth-order valence-electron chi connectivity index (χ4n) is 3.36. The summed E-state index contributed by atoms with van der Waals surface area (Å²) in [5.41, 5.74) is 0. The minimum Gasteiger partial charge on any atom is -0.493 e. The first-order chi connectivity index (χ1) is 12.9. The quantitative estimate of drug-likeness (QED) is 0.813. The Kier molecular flexibility index (Phi) is 8.35. The number of aliphatic hydroxyl groups is 1. The van der Waals surface area contributed by atoms with Crippen molar-refractivity contribution in [2.75, 3.05) is 7.11 Å². The van der Waals surface area contributed by atoms with E-state index in [2.05, 4.69) is 5.32 Å². The van der Waals surface area contributed by atoms with Crippen LogP contribution in [0.3, 0.4) is 0 Å².